The van der Waals surface area contributed by atoms with Crippen LogP contribution in [-0.2, 0) is 4.79 Å². The highest BCUT2D eigenvalue weighted by molar-refractivity contribution is 6.30. The Balaban J connectivity index is 2.24. The minimum Gasteiger partial charge on any atom is -0.506 e. The van der Waals surface area contributed by atoms with Gasteiger partial charge in [0, 0.05) is 17.8 Å². The van der Waals surface area contributed by atoms with Gasteiger partial charge >= 0.3 is 0 Å². The van der Waals surface area contributed by atoms with E-state index in [1.165, 1.54) is 6.20 Å². The van der Waals surface area contributed by atoms with Gasteiger partial charge in [0.15, 0.2) is 0 Å². The number of carbonyl (C=O) groups is 1. The van der Waals surface area contributed by atoms with Gasteiger partial charge in [0.2, 0.25) is 5.91 Å². The zero-order chi connectivity index (χ0) is 13.1. The van der Waals surface area contributed by atoms with Gasteiger partial charge in [0.25, 0.3) is 0 Å². The van der Waals surface area contributed by atoms with Crippen molar-refractivity contribution in [3.8, 4) is 0 Å². The number of allylic oxidation sites excluding steroid dienone is 1. The van der Waals surface area contributed by atoms with Crippen LogP contribution >= 0.6 is 11.6 Å². The fourth-order valence-corrected chi connectivity index (χ4v) is 2.07. The highest BCUT2D eigenvalue weighted by Crippen LogP contribution is 2.23. The number of carbonyl (C=O) groups excluding carboxylic acids is 1. The fraction of sp³-hybridized carbons (Fsp3) is 0.154. The van der Waals surface area contributed by atoms with Gasteiger partial charge in [-0.15, -0.1) is 0 Å². The summed E-state index contributed by atoms with van der Waals surface area (Å²) < 4.78 is 0. The molecule has 0 unspecified atom stereocenters. The van der Waals surface area contributed by atoms with Gasteiger partial charge < -0.3 is 15.7 Å². The first-order chi connectivity index (χ1) is 8.54. The van der Waals surface area contributed by atoms with E-state index in [4.69, 9.17) is 17.3 Å². The molecule has 1 aliphatic rings. The predicted molar refractivity (Wildman–Crippen MR) is 70.9 cm³/mol. The molecule has 3 N–H and O–H groups in total. The highest BCUT2D eigenvalue weighted by Gasteiger charge is 2.14. The van der Waals surface area contributed by atoms with E-state index in [0.29, 0.717) is 11.6 Å². The number of aliphatic hydroxyl groups excluding tert-OH is 1. The van der Waals surface area contributed by atoms with Crippen molar-refractivity contribution in [2.75, 3.05) is 13.1 Å². The maximum atomic E-state index is 10.9. The Kier molecular flexibility index (Phi) is 3.58. The second-order valence-electron chi connectivity index (χ2n) is 4.11. The minimum absolute atomic E-state index is 0.0714. The van der Waals surface area contributed by atoms with Crippen molar-refractivity contribution in [1.29, 1.82) is 0 Å². The topological polar surface area (TPSA) is 66.6 Å². The SMILES string of the molecule is NC(=O)CN1C=C(O)C=C(c2cccc(Cl)c2)C1. The average molecular weight is 265 g/mol. The van der Waals surface area contributed by atoms with E-state index >= 15 is 0 Å². The number of hydrogen-bond acceptors (Lipinski definition) is 3. The summed E-state index contributed by atoms with van der Waals surface area (Å²) in [6.07, 6.45) is 3.15. The number of aliphatic hydroxyl groups is 1. The van der Waals surface area contributed by atoms with Gasteiger partial charge in [-0.3, -0.25) is 4.79 Å². The van der Waals surface area contributed by atoms with Crippen molar-refractivity contribution in [1.82, 2.24) is 4.90 Å². The third kappa shape index (κ3) is 3.05. The number of amides is 1. The largest absolute Gasteiger partial charge is 0.506 e. The molecule has 1 aliphatic heterocycles. The van der Waals surface area contributed by atoms with Gasteiger partial charge in [-0.1, -0.05) is 23.7 Å². The molecule has 0 fully saturated rings. The van der Waals surface area contributed by atoms with Crippen molar-refractivity contribution < 1.29 is 9.90 Å². The summed E-state index contributed by atoms with van der Waals surface area (Å²) >= 11 is 5.93. The van der Waals surface area contributed by atoms with E-state index in [1.54, 1.807) is 17.0 Å². The van der Waals surface area contributed by atoms with Crippen LogP contribution in [0.4, 0.5) is 0 Å². The molecule has 94 valence electrons. The number of primary amides is 1. The summed E-state index contributed by atoms with van der Waals surface area (Å²) in [6, 6.07) is 7.34. The summed E-state index contributed by atoms with van der Waals surface area (Å²) in [5.41, 5.74) is 6.95. The Morgan fingerprint density at radius 3 is 2.94 bits per heavy atom. The molecule has 1 heterocycles. The van der Waals surface area contributed by atoms with Crippen molar-refractivity contribution >= 4 is 23.1 Å². The van der Waals surface area contributed by atoms with Gasteiger partial charge in [-0.25, -0.2) is 0 Å². The average Bonchev–Trinajstić information content (AvgIpc) is 2.27. The van der Waals surface area contributed by atoms with Crippen LogP contribution < -0.4 is 5.73 Å². The maximum Gasteiger partial charge on any atom is 0.236 e. The summed E-state index contributed by atoms with van der Waals surface area (Å²) in [6.45, 7) is 0.579. The van der Waals surface area contributed by atoms with Gasteiger partial charge in [-0.2, -0.15) is 0 Å². The molecule has 1 aromatic carbocycles. The molecule has 0 saturated carbocycles. The molecule has 0 spiro atoms. The lowest BCUT2D eigenvalue weighted by Crippen LogP contribution is -2.32. The second kappa shape index (κ2) is 5.14. The fourth-order valence-electron chi connectivity index (χ4n) is 1.88. The zero-order valence-electron chi connectivity index (χ0n) is 9.64. The smallest absolute Gasteiger partial charge is 0.236 e. The molecular weight excluding hydrogens is 252 g/mol. The Labute approximate surface area is 110 Å². The van der Waals surface area contributed by atoms with E-state index in [2.05, 4.69) is 0 Å². The van der Waals surface area contributed by atoms with Crippen LogP contribution in [0, 0.1) is 0 Å². The van der Waals surface area contributed by atoms with Crippen LogP contribution in [0.1, 0.15) is 5.56 Å². The normalized spacial score (nSPS) is 15.1. The molecule has 1 aromatic rings. The molecule has 0 saturated heterocycles. The standard InChI is InChI=1S/C13H13ClN2O2/c14-11-3-1-2-9(4-11)10-5-12(17)7-16(6-10)8-13(15)18/h1-5,7,17H,6,8H2,(H2,15,18). The second-order valence-corrected chi connectivity index (χ2v) is 4.54. The molecular formula is C13H13ClN2O2. The quantitative estimate of drug-likeness (QED) is 0.877. The lowest BCUT2D eigenvalue weighted by atomic mass is 10.0. The molecule has 4 nitrogen and oxygen atoms in total. The number of nitrogens with two attached hydrogens (primary N) is 1. The number of benzene rings is 1. The third-order valence-electron chi connectivity index (χ3n) is 2.56. The summed E-state index contributed by atoms with van der Waals surface area (Å²) in [7, 11) is 0. The molecule has 0 aromatic heterocycles. The highest BCUT2D eigenvalue weighted by atomic mass is 35.5. The Morgan fingerprint density at radius 2 is 2.28 bits per heavy atom. The molecule has 0 bridgehead atoms. The van der Waals surface area contributed by atoms with Gasteiger partial charge in [0.05, 0.1) is 6.54 Å². The van der Waals surface area contributed by atoms with E-state index < -0.39 is 5.91 Å². The van der Waals surface area contributed by atoms with Crippen molar-refractivity contribution in [2.45, 2.75) is 0 Å². The van der Waals surface area contributed by atoms with Crippen LogP contribution in [0.5, 0.6) is 0 Å². The molecule has 2 rings (SSSR count). The minimum atomic E-state index is -0.439. The van der Waals surface area contributed by atoms with Crippen LogP contribution in [0.15, 0.2) is 42.3 Å². The zero-order valence-corrected chi connectivity index (χ0v) is 10.4. The van der Waals surface area contributed by atoms with Crippen molar-refractivity contribution in [3.63, 3.8) is 0 Å². The molecule has 5 heteroatoms. The van der Waals surface area contributed by atoms with Crippen molar-refractivity contribution in [2.24, 2.45) is 5.73 Å². The molecule has 0 atom stereocenters. The first kappa shape index (κ1) is 12.5. The van der Waals surface area contributed by atoms with Crippen LogP contribution in [0.3, 0.4) is 0 Å². The number of rotatable bonds is 3. The maximum absolute atomic E-state index is 10.9. The van der Waals surface area contributed by atoms with E-state index in [9.17, 15) is 9.90 Å². The molecule has 1 amide bonds. The van der Waals surface area contributed by atoms with Crippen LogP contribution in [-0.4, -0.2) is 29.0 Å². The molecule has 0 radical (unpaired) electrons. The summed E-state index contributed by atoms with van der Waals surface area (Å²) in [5, 5.41) is 10.3. The molecule has 0 aliphatic carbocycles. The van der Waals surface area contributed by atoms with Crippen LogP contribution in [0.2, 0.25) is 5.02 Å². The Morgan fingerprint density at radius 1 is 1.50 bits per heavy atom. The number of hydrogen-bond donors (Lipinski definition) is 2. The predicted octanol–water partition coefficient (Wildman–Crippen LogP) is 1.92. The van der Waals surface area contributed by atoms with Gasteiger partial charge in [-0.05, 0) is 29.3 Å². The third-order valence-corrected chi connectivity index (χ3v) is 2.80. The summed E-state index contributed by atoms with van der Waals surface area (Å²) in [4.78, 5) is 12.6. The monoisotopic (exact) mass is 264 g/mol. The van der Waals surface area contributed by atoms with Crippen LogP contribution in [0.25, 0.3) is 5.57 Å². The Hall–Kier alpha value is -1.94. The van der Waals surface area contributed by atoms with Crippen molar-refractivity contribution in [3.05, 3.63) is 52.9 Å². The Bertz CT molecular complexity index is 538. The van der Waals surface area contributed by atoms with E-state index in [0.717, 1.165) is 11.1 Å². The summed E-state index contributed by atoms with van der Waals surface area (Å²) in [5.74, 6) is -0.344. The first-order valence-electron chi connectivity index (χ1n) is 5.44. The van der Waals surface area contributed by atoms with Gasteiger partial charge in [0.1, 0.15) is 5.76 Å². The first-order valence-corrected chi connectivity index (χ1v) is 5.82. The number of nitrogens with zero attached hydrogens (tertiary/aromatic N) is 1. The lowest BCUT2D eigenvalue weighted by molar-refractivity contribution is -0.118. The van der Waals surface area contributed by atoms with E-state index in [1.807, 2.05) is 18.2 Å². The molecule has 18 heavy (non-hydrogen) atoms. The van der Waals surface area contributed by atoms with E-state index in [-0.39, 0.29) is 12.3 Å². The lowest BCUT2D eigenvalue weighted by Gasteiger charge is -2.24. The number of halogens is 1.